The van der Waals surface area contributed by atoms with Gasteiger partial charge in [0.2, 0.25) is 5.91 Å². The fourth-order valence-corrected chi connectivity index (χ4v) is 3.13. The first-order valence-electron chi connectivity index (χ1n) is 7.44. The van der Waals surface area contributed by atoms with E-state index < -0.39 is 5.41 Å². The molecule has 3 nitrogen and oxygen atoms in total. The Morgan fingerprint density at radius 3 is 2.53 bits per heavy atom. The Hall–Kier alpha value is -0.690. The number of nitriles is 1. The van der Waals surface area contributed by atoms with Crippen molar-refractivity contribution in [1.29, 1.82) is 5.26 Å². The van der Waals surface area contributed by atoms with Crippen molar-refractivity contribution >= 4 is 17.7 Å². The maximum atomic E-state index is 12.1. The molecule has 0 aromatic heterocycles. The molecule has 0 aromatic rings. The number of nitrogens with one attached hydrogen (secondary N) is 1. The number of carbonyl (C=O) groups excluding carboxylic acids is 1. The standard InChI is InChI=1S/C15H26N2OS/c1-19-12-8-3-2-7-11-17-14(18)15(13-16)9-5-4-6-10-15/h2-12H2,1H3,(H,17,18). The van der Waals surface area contributed by atoms with Crippen LogP contribution in [-0.2, 0) is 4.79 Å². The molecule has 0 spiro atoms. The average Bonchev–Trinajstić information content (AvgIpc) is 2.46. The molecule has 0 radical (unpaired) electrons. The quantitative estimate of drug-likeness (QED) is 0.693. The van der Waals surface area contributed by atoms with E-state index in [1.807, 2.05) is 11.8 Å². The normalized spacial score (nSPS) is 17.7. The van der Waals surface area contributed by atoms with E-state index >= 15 is 0 Å². The van der Waals surface area contributed by atoms with Crippen LogP contribution < -0.4 is 5.32 Å². The molecule has 1 amide bonds. The van der Waals surface area contributed by atoms with Crippen LogP contribution in [0.5, 0.6) is 0 Å². The lowest BCUT2D eigenvalue weighted by Crippen LogP contribution is -2.41. The van der Waals surface area contributed by atoms with Crippen molar-refractivity contribution in [1.82, 2.24) is 5.32 Å². The van der Waals surface area contributed by atoms with Crippen LogP contribution in [0.15, 0.2) is 0 Å². The van der Waals surface area contributed by atoms with Gasteiger partial charge in [-0.2, -0.15) is 17.0 Å². The van der Waals surface area contributed by atoms with Gasteiger partial charge in [0.15, 0.2) is 0 Å². The third kappa shape index (κ3) is 5.44. The zero-order valence-corrected chi connectivity index (χ0v) is 12.9. The zero-order valence-electron chi connectivity index (χ0n) is 12.0. The first-order valence-corrected chi connectivity index (χ1v) is 8.83. The molecule has 19 heavy (non-hydrogen) atoms. The van der Waals surface area contributed by atoms with Gasteiger partial charge in [-0.1, -0.05) is 32.1 Å². The largest absolute Gasteiger partial charge is 0.355 e. The van der Waals surface area contributed by atoms with Crippen molar-refractivity contribution in [2.45, 2.75) is 57.8 Å². The number of hydrogen-bond acceptors (Lipinski definition) is 3. The molecule has 1 N–H and O–H groups in total. The predicted molar refractivity (Wildman–Crippen MR) is 81.0 cm³/mol. The first-order chi connectivity index (χ1) is 9.25. The molecule has 1 saturated carbocycles. The van der Waals surface area contributed by atoms with E-state index in [0.717, 1.165) is 45.1 Å². The van der Waals surface area contributed by atoms with E-state index in [2.05, 4.69) is 17.6 Å². The van der Waals surface area contributed by atoms with Gasteiger partial charge in [-0.05, 0) is 37.7 Å². The summed E-state index contributed by atoms with van der Waals surface area (Å²) >= 11 is 1.89. The highest BCUT2D eigenvalue weighted by Gasteiger charge is 2.39. The van der Waals surface area contributed by atoms with Crippen LogP contribution in [0.1, 0.15) is 57.8 Å². The van der Waals surface area contributed by atoms with Crippen molar-refractivity contribution in [2.24, 2.45) is 5.41 Å². The molecule has 1 aliphatic rings. The predicted octanol–water partition coefficient (Wildman–Crippen LogP) is 3.50. The number of hydrogen-bond donors (Lipinski definition) is 1. The Balaban J connectivity index is 2.17. The number of amides is 1. The maximum Gasteiger partial charge on any atom is 0.240 e. The molecule has 0 aromatic carbocycles. The van der Waals surface area contributed by atoms with E-state index in [-0.39, 0.29) is 5.91 Å². The minimum Gasteiger partial charge on any atom is -0.355 e. The first kappa shape index (κ1) is 16.4. The zero-order chi connectivity index (χ0) is 14.0. The number of carbonyl (C=O) groups is 1. The van der Waals surface area contributed by atoms with E-state index in [0.29, 0.717) is 0 Å². The van der Waals surface area contributed by atoms with Crippen molar-refractivity contribution in [3.63, 3.8) is 0 Å². The van der Waals surface area contributed by atoms with Gasteiger partial charge in [-0.25, -0.2) is 0 Å². The van der Waals surface area contributed by atoms with Crippen molar-refractivity contribution < 1.29 is 4.79 Å². The van der Waals surface area contributed by atoms with Gasteiger partial charge >= 0.3 is 0 Å². The second-order valence-electron chi connectivity index (χ2n) is 5.42. The molecule has 0 heterocycles. The average molecular weight is 282 g/mol. The Kier molecular flexibility index (Phi) is 7.97. The van der Waals surface area contributed by atoms with Gasteiger partial charge in [-0.15, -0.1) is 0 Å². The molecule has 4 heteroatoms. The summed E-state index contributed by atoms with van der Waals surface area (Å²) in [6.45, 7) is 0.724. The van der Waals surface area contributed by atoms with E-state index in [9.17, 15) is 10.1 Å². The Bertz CT molecular complexity index is 306. The van der Waals surface area contributed by atoms with E-state index in [1.54, 1.807) is 0 Å². The summed E-state index contributed by atoms with van der Waals surface area (Å²) in [5.41, 5.74) is -0.725. The molecule has 1 aliphatic carbocycles. The van der Waals surface area contributed by atoms with Crippen LogP contribution in [0, 0.1) is 16.7 Å². The van der Waals surface area contributed by atoms with Crippen LogP contribution >= 0.6 is 11.8 Å². The maximum absolute atomic E-state index is 12.1. The lowest BCUT2D eigenvalue weighted by molar-refractivity contribution is -0.129. The third-order valence-electron chi connectivity index (χ3n) is 3.92. The van der Waals surface area contributed by atoms with Crippen LogP contribution in [-0.4, -0.2) is 24.5 Å². The molecule has 0 atom stereocenters. The van der Waals surface area contributed by atoms with Crippen LogP contribution in [0.4, 0.5) is 0 Å². The van der Waals surface area contributed by atoms with Gasteiger partial charge in [0.05, 0.1) is 6.07 Å². The van der Waals surface area contributed by atoms with Crippen LogP contribution in [0.2, 0.25) is 0 Å². The summed E-state index contributed by atoms with van der Waals surface area (Å²) in [7, 11) is 0. The van der Waals surface area contributed by atoms with Crippen molar-refractivity contribution in [3.05, 3.63) is 0 Å². The van der Waals surface area contributed by atoms with Crippen molar-refractivity contribution in [3.8, 4) is 6.07 Å². The van der Waals surface area contributed by atoms with Gasteiger partial charge in [0.25, 0.3) is 0 Å². The van der Waals surface area contributed by atoms with Crippen LogP contribution in [0.3, 0.4) is 0 Å². The fraction of sp³-hybridized carbons (Fsp3) is 0.867. The van der Waals surface area contributed by atoms with Crippen LogP contribution in [0.25, 0.3) is 0 Å². The SMILES string of the molecule is CSCCCCCCNC(=O)C1(C#N)CCCCC1. The summed E-state index contributed by atoms with van der Waals surface area (Å²) in [5.74, 6) is 1.20. The molecule has 1 rings (SSSR count). The fourth-order valence-electron chi connectivity index (χ4n) is 2.64. The summed E-state index contributed by atoms with van der Waals surface area (Å²) in [6.07, 6.45) is 11.5. The summed E-state index contributed by atoms with van der Waals surface area (Å²) in [6, 6.07) is 2.27. The lowest BCUT2D eigenvalue weighted by Gasteiger charge is -2.29. The van der Waals surface area contributed by atoms with Gasteiger partial charge in [0.1, 0.15) is 5.41 Å². The monoisotopic (exact) mass is 282 g/mol. The molecule has 0 saturated heterocycles. The highest BCUT2D eigenvalue weighted by molar-refractivity contribution is 7.98. The number of nitrogens with zero attached hydrogens (tertiary/aromatic N) is 1. The lowest BCUT2D eigenvalue weighted by atomic mass is 9.74. The topological polar surface area (TPSA) is 52.9 Å². The number of unbranched alkanes of at least 4 members (excludes halogenated alkanes) is 3. The van der Waals surface area contributed by atoms with E-state index in [4.69, 9.17) is 0 Å². The molecular formula is C15H26N2OS. The Morgan fingerprint density at radius 2 is 1.89 bits per heavy atom. The Morgan fingerprint density at radius 1 is 1.21 bits per heavy atom. The second kappa shape index (κ2) is 9.25. The molecule has 108 valence electrons. The molecular weight excluding hydrogens is 256 g/mol. The smallest absolute Gasteiger partial charge is 0.240 e. The summed E-state index contributed by atoms with van der Waals surface area (Å²) in [4.78, 5) is 12.1. The second-order valence-corrected chi connectivity index (χ2v) is 6.40. The van der Waals surface area contributed by atoms with Gasteiger partial charge in [0, 0.05) is 6.54 Å². The minimum absolute atomic E-state index is 0.0289. The summed E-state index contributed by atoms with van der Waals surface area (Å²) in [5, 5.41) is 12.3. The Labute approximate surface area is 121 Å². The van der Waals surface area contributed by atoms with Gasteiger partial charge < -0.3 is 5.32 Å². The highest BCUT2D eigenvalue weighted by atomic mass is 32.2. The third-order valence-corrected chi connectivity index (χ3v) is 4.61. The molecule has 0 unspecified atom stereocenters. The van der Waals surface area contributed by atoms with E-state index in [1.165, 1.54) is 25.0 Å². The molecule has 0 aliphatic heterocycles. The highest BCUT2D eigenvalue weighted by Crippen LogP contribution is 2.35. The number of rotatable bonds is 8. The molecule has 1 fully saturated rings. The molecule has 0 bridgehead atoms. The van der Waals surface area contributed by atoms with Gasteiger partial charge in [-0.3, -0.25) is 4.79 Å². The summed E-state index contributed by atoms with van der Waals surface area (Å²) < 4.78 is 0. The van der Waals surface area contributed by atoms with Crippen molar-refractivity contribution in [2.75, 3.05) is 18.6 Å². The number of thioether (sulfide) groups is 1. The minimum atomic E-state index is -0.725.